The van der Waals surface area contributed by atoms with Crippen molar-refractivity contribution in [3.8, 4) is 11.5 Å². The van der Waals surface area contributed by atoms with Crippen molar-refractivity contribution in [1.82, 2.24) is 5.43 Å². The van der Waals surface area contributed by atoms with Crippen LogP contribution in [-0.2, 0) is 6.54 Å². The summed E-state index contributed by atoms with van der Waals surface area (Å²) in [6.45, 7) is 6.95. The third kappa shape index (κ3) is 6.14. The number of aryl methyl sites for hydroxylation is 1. The van der Waals surface area contributed by atoms with Gasteiger partial charge in [-0.05, 0) is 67.8 Å². The van der Waals surface area contributed by atoms with E-state index >= 15 is 0 Å². The van der Waals surface area contributed by atoms with Crippen LogP contribution < -0.4 is 20.9 Å². The quantitative estimate of drug-likeness (QED) is 0.205. The summed E-state index contributed by atoms with van der Waals surface area (Å²) in [7, 11) is 1.55. The van der Waals surface area contributed by atoms with E-state index in [1.165, 1.54) is 16.0 Å². The number of ether oxygens (including phenoxy) is 1. The molecule has 0 amide bonds. The molecule has 5 nitrogen and oxygen atoms in total. The van der Waals surface area contributed by atoms with Crippen LogP contribution in [0.15, 0.2) is 82.2 Å². The number of hydrogen-bond donors (Lipinski definition) is 4. The van der Waals surface area contributed by atoms with Gasteiger partial charge in [0.05, 0.1) is 17.8 Å². The Morgan fingerprint density at radius 3 is 2.38 bits per heavy atom. The lowest BCUT2D eigenvalue weighted by Gasteiger charge is -2.17. The molecule has 0 saturated carbocycles. The molecule has 0 radical (unpaired) electrons. The van der Waals surface area contributed by atoms with Crippen molar-refractivity contribution in [2.45, 2.75) is 38.6 Å². The Morgan fingerprint density at radius 1 is 0.969 bits per heavy atom. The molecule has 0 aromatic heterocycles. The third-order valence-corrected chi connectivity index (χ3v) is 6.55. The van der Waals surface area contributed by atoms with E-state index in [1.54, 1.807) is 24.9 Å². The predicted octanol–water partition coefficient (Wildman–Crippen LogP) is 6.67. The molecule has 0 heterocycles. The summed E-state index contributed by atoms with van der Waals surface area (Å²) in [4.78, 5) is 1.24. The Labute approximate surface area is 194 Å². The van der Waals surface area contributed by atoms with E-state index in [-0.39, 0.29) is 5.75 Å². The second-order valence-corrected chi connectivity index (χ2v) is 8.53. The standard InChI is InChI=1S/C26H31N3O2S/c1-5-18(2)26(32-24-12-7-6-9-19(24)3)29-28-22-15-13-21(14-16-22)27-17-20-10-8-11-23(31-4)25(20)30/h6-16,27-30H,5,17H2,1-4H3. The van der Waals surface area contributed by atoms with Gasteiger partial charge in [0.15, 0.2) is 11.5 Å². The van der Waals surface area contributed by atoms with Crippen molar-refractivity contribution in [3.63, 3.8) is 0 Å². The summed E-state index contributed by atoms with van der Waals surface area (Å²) in [5, 5.41) is 14.7. The zero-order valence-electron chi connectivity index (χ0n) is 19.0. The number of thioether (sulfide) groups is 1. The average Bonchev–Trinajstić information content (AvgIpc) is 2.82. The van der Waals surface area contributed by atoms with Crippen LogP contribution in [-0.4, -0.2) is 12.2 Å². The van der Waals surface area contributed by atoms with Gasteiger partial charge < -0.3 is 20.6 Å². The zero-order chi connectivity index (χ0) is 22.9. The first-order chi connectivity index (χ1) is 15.5. The van der Waals surface area contributed by atoms with E-state index in [2.05, 4.69) is 61.2 Å². The molecule has 0 aliphatic heterocycles. The van der Waals surface area contributed by atoms with E-state index in [9.17, 15) is 5.11 Å². The highest BCUT2D eigenvalue weighted by atomic mass is 32.2. The highest BCUT2D eigenvalue weighted by molar-refractivity contribution is 8.03. The molecule has 0 fully saturated rings. The first kappa shape index (κ1) is 23.4. The van der Waals surface area contributed by atoms with E-state index < -0.39 is 0 Å². The molecule has 3 rings (SSSR count). The minimum atomic E-state index is 0.168. The molecular weight excluding hydrogens is 418 g/mol. The van der Waals surface area contributed by atoms with Crippen molar-refractivity contribution < 1.29 is 9.84 Å². The maximum absolute atomic E-state index is 10.2. The molecule has 0 aliphatic rings. The minimum absolute atomic E-state index is 0.168. The van der Waals surface area contributed by atoms with Crippen molar-refractivity contribution in [1.29, 1.82) is 0 Å². The van der Waals surface area contributed by atoms with Gasteiger partial charge in [0.25, 0.3) is 0 Å². The largest absolute Gasteiger partial charge is 0.504 e. The molecular formula is C26H31N3O2S. The van der Waals surface area contributed by atoms with Gasteiger partial charge in [-0.2, -0.15) is 0 Å². The molecule has 0 atom stereocenters. The molecule has 168 valence electrons. The lowest BCUT2D eigenvalue weighted by atomic mass is 10.2. The van der Waals surface area contributed by atoms with Gasteiger partial charge in [0.2, 0.25) is 0 Å². The topological polar surface area (TPSA) is 65.5 Å². The molecule has 0 spiro atoms. The third-order valence-electron chi connectivity index (χ3n) is 5.21. The van der Waals surface area contributed by atoms with Gasteiger partial charge in [0, 0.05) is 22.7 Å². The molecule has 0 saturated heterocycles. The smallest absolute Gasteiger partial charge is 0.162 e. The second-order valence-electron chi connectivity index (χ2n) is 7.48. The van der Waals surface area contributed by atoms with Crippen LogP contribution in [0.3, 0.4) is 0 Å². The molecule has 0 bridgehead atoms. The second kappa shape index (κ2) is 11.4. The van der Waals surface area contributed by atoms with Gasteiger partial charge >= 0.3 is 0 Å². The van der Waals surface area contributed by atoms with Gasteiger partial charge in [-0.1, -0.05) is 49.0 Å². The lowest BCUT2D eigenvalue weighted by molar-refractivity contribution is 0.371. The monoisotopic (exact) mass is 449 g/mol. The Hall–Kier alpha value is -3.25. The highest BCUT2D eigenvalue weighted by Gasteiger charge is 2.08. The Balaban J connectivity index is 1.60. The van der Waals surface area contributed by atoms with Gasteiger partial charge in [0.1, 0.15) is 0 Å². The SMILES string of the molecule is CCC(C)=C(NNc1ccc(NCc2cccc(OC)c2O)cc1)Sc1ccccc1C. The van der Waals surface area contributed by atoms with Gasteiger partial charge in [-0.25, -0.2) is 0 Å². The van der Waals surface area contributed by atoms with Crippen LogP contribution >= 0.6 is 11.8 Å². The number of anilines is 2. The van der Waals surface area contributed by atoms with Gasteiger partial charge in [-0.15, -0.1) is 0 Å². The van der Waals surface area contributed by atoms with Crippen molar-refractivity contribution in [2.75, 3.05) is 17.9 Å². The summed E-state index contributed by atoms with van der Waals surface area (Å²) in [6.07, 6.45) is 0.975. The van der Waals surface area contributed by atoms with Crippen LogP contribution in [0.5, 0.6) is 11.5 Å². The number of methoxy groups -OCH3 is 1. The number of benzene rings is 3. The number of phenolic OH excluding ortho intramolecular Hbond substituents is 1. The number of phenols is 1. The van der Waals surface area contributed by atoms with Crippen LogP contribution in [0.1, 0.15) is 31.4 Å². The summed E-state index contributed by atoms with van der Waals surface area (Å²) in [6, 6.07) is 21.9. The maximum atomic E-state index is 10.2. The van der Waals surface area contributed by atoms with Crippen molar-refractivity contribution in [2.24, 2.45) is 0 Å². The molecule has 0 unspecified atom stereocenters. The predicted molar refractivity (Wildman–Crippen MR) is 135 cm³/mol. The number of hydrogen-bond acceptors (Lipinski definition) is 6. The van der Waals surface area contributed by atoms with Crippen LogP contribution in [0.25, 0.3) is 0 Å². The van der Waals surface area contributed by atoms with E-state index in [0.29, 0.717) is 12.3 Å². The number of rotatable bonds is 10. The first-order valence-electron chi connectivity index (χ1n) is 10.7. The minimum Gasteiger partial charge on any atom is -0.504 e. The van der Waals surface area contributed by atoms with Gasteiger partial charge in [-0.3, -0.25) is 5.43 Å². The number of allylic oxidation sites excluding steroid dienone is 1. The summed E-state index contributed by atoms with van der Waals surface area (Å²) in [5.74, 6) is 0.645. The number of aromatic hydroxyl groups is 1. The molecule has 6 heteroatoms. The molecule has 0 aliphatic carbocycles. The fraction of sp³-hybridized carbons (Fsp3) is 0.231. The number of para-hydroxylation sites is 1. The molecule has 32 heavy (non-hydrogen) atoms. The summed E-state index contributed by atoms with van der Waals surface area (Å²) >= 11 is 1.74. The lowest BCUT2D eigenvalue weighted by Crippen LogP contribution is -2.20. The van der Waals surface area contributed by atoms with E-state index in [4.69, 9.17) is 4.74 Å². The molecule has 3 aromatic rings. The van der Waals surface area contributed by atoms with Crippen LogP contribution in [0.4, 0.5) is 11.4 Å². The Kier molecular flexibility index (Phi) is 8.34. The highest BCUT2D eigenvalue weighted by Crippen LogP contribution is 2.31. The average molecular weight is 450 g/mol. The van der Waals surface area contributed by atoms with Crippen LogP contribution in [0.2, 0.25) is 0 Å². The van der Waals surface area contributed by atoms with Crippen LogP contribution in [0, 0.1) is 6.92 Å². The summed E-state index contributed by atoms with van der Waals surface area (Å²) in [5.41, 5.74) is 12.0. The Bertz CT molecular complexity index is 1060. The van der Waals surface area contributed by atoms with E-state index in [0.717, 1.165) is 28.4 Å². The fourth-order valence-corrected chi connectivity index (χ4v) is 4.05. The Morgan fingerprint density at radius 2 is 1.69 bits per heavy atom. The number of nitrogens with one attached hydrogen (secondary N) is 3. The van der Waals surface area contributed by atoms with Crippen molar-refractivity contribution in [3.05, 3.63) is 88.5 Å². The first-order valence-corrected chi connectivity index (χ1v) is 11.5. The fourth-order valence-electron chi connectivity index (χ4n) is 3.03. The molecule has 3 aromatic carbocycles. The maximum Gasteiger partial charge on any atom is 0.162 e. The molecule has 4 N–H and O–H groups in total. The summed E-state index contributed by atoms with van der Waals surface area (Å²) < 4.78 is 5.17. The van der Waals surface area contributed by atoms with E-state index in [1.807, 2.05) is 36.4 Å². The number of hydrazine groups is 1. The zero-order valence-corrected chi connectivity index (χ0v) is 19.8. The van der Waals surface area contributed by atoms with Crippen molar-refractivity contribution >= 4 is 23.1 Å². The normalized spacial score (nSPS) is 11.5.